The van der Waals surface area contributed by atoms with Crippen molar-refractivity contribution in [3.8, 4) is 39.6 Å². The van der Waals surface area contributed by atoms with E-state index in [-0.39, 0.29) is 0 Å². The Balaban J connectivity index is 1.10. The first-order valence-corrected chi connectivity index (χ1v) is 22.6. The Morgan fingerprint density at radius 1 is 0.354 bits per heavy atom. The highest BCUT2D eigenvalue weighted by molar-refractivity contribution is 7.24. The summed E-state index contributed by atoms with van der Waals surface area (Å²) in [6.45, 7) is 0. The predicted octanol–water partition coefficient (Wildman–Crippen LogP) is 15.6. The minimum absolute atomic E-state index is 0.699. The topological polar surface area (TPSA) is 52.7 Å². The van der Waals surface area contributed by atoms with E-state index in [0.29, 0.717) is 5.82 Å². The monoisotopic (exact) mass is 849 g/mol. The Hall–Kier alpha value is -8.52. The van der Waals surface area contributed by atoms with E-state index < -0.39 is 0 Å². The minimum atomic E-state index is 0.699. The maximum atomic E-state index is 6.75. The van der Waals surface area contributed by atoms with Crippen LogP contribution in [-0.4, -0.2) is 23.3 Å². The van der Waals surface area contributed by atoms with Crippen LogP contribution in [0.25, 0.3) is 126 Å². The first-order chi connectivity index (χ1) is 32.2. The Morgan fingerprint density at radius 2 is 0.923 bits per heavy atom. The molecule has 5 heterocycles. The highest BCUT2D eigenvalue weighted by Gasteiger charge is 2.20. The van der Waals surface area contributed by atoms with Gasteiger partial charge in [0.05, 0.1) is 64.9 Å². The Bertz CT molecular complexity index is 4230. The molecule has 14 rings (SSSR count). The zero-order valence-electron chi connectivity index (χ0n) is 34.8. The van der Waals surface area contributed by atoms with Gasteiger partial charge in [0.15, 0.2) is 17.0 Å². The summed E-state index contributed by atoms with van der Waals surface area (Å²) in [5.41, 5.74) is 16.3. The fourth-order valence-corrected chi connectivity index (χ4v) is 11.1. The molecule has 7 heteroatoms. The zero-order valence-corrected chi connectivity index (χ0v) is 35.6. The molecule has 0 saturated carbocycles. The molecule has 65 heavy (non-hydrogen) atoms. The van der Waals surface area contributed by atoms with E-state index in [4.69, 9.17) is 14.4 Å². The van der Waals surface area contributed by atoms with Crippen LogP contribution in [0.5, 0.6) is 0 Å². The van der Waals surface area contributed by atoms with Crippen molar-refractivity contribution >= 4 is 97.6 Å². The second-order valence-corrected chi connectivity index (χ2v) is 17.7. The lowest BCUT2D eigenvalue weighted by Crippen LogP contribution is -2.01. The molecule has 304 valence electrons. The summed E-state index contributed by atoms with van der Waals surface area (Å²) in [4.78, 5) is 10.2. The van der Waals surface area contributed by atoms with Gasteiger partial charge in [-0.15, -0.1) is 11.3 Å². The van der Waals surface area contributed by atoms with E-state index in [0.717, 1.165) is 99.7 Å². The quantitative estimate of drug-likeness (QED) is 0.166. The number of para-hydroxylation sites is 6. The fraction of sp³-hybridized carbons (Fsp3) is 0. The smallest absolute Gasteiger partial charge is 0.160 e. The van der Waals surface area contributed by atoms with Crippen molar-refractivity contribution in [3.05, 3.63) is 212 Å². The van der Waals surface area contributed by atoms with Crippen molar-refractivity contribution in [3.63, 3.8) is 0 Å². The summed E-state index contributed by atoms with van der Waals surface area (Å²) in [5, 5.41) is 4.63. The molecule has 0 fully saturated rings. The molecule has 0 aliphatic rings. The summed E-state index contributed by atoms with van der Waals surface area (Å²) < 4.78 is 16.5. The van der Waals surface area contributed by atoms with Gasteiger partial charge >= 0.3 is 0 Å². The maximum Gasteiger partial charge on any atom is 0.160 e. The first kappa shape index (κ1) is 36.0. The molecular formula is C58H35N5OS. The Kier molecular flexibility index (Phi) is 7.75. The van der Waals surface area contributed by atoms with Crippen molar-refractivity contribution in [2.24, 2.45) is 0 Å². The highest BCUT2D eigenvalue weighted by Crippen LogP contribution is 2.41. The molecule has 5 aromatic heterocycles. The number of aromatic nitrogens is 5. The van der Waals surface area contributed by atoms with Crippen LogP contribution in [-0.2, 0) is 0 Å². The maximum absolute atomic E-state index is 6.75. The van der Waals surface area contributed by atoms with Crippen LogP contribution >= 0.6 is 11.3 Å². The third-order valence-corrected chi connectivity index (χ3v) is 14.0. The van der Waals surface area contributed by atoms with E-state index in [1.165, 1.54) is 20.3 Å². The summed E-state index contributed by atoms with van der Waals surface area (Å²) in [6, 6.07) is 75.5. The number of hydrogen-bond acceptors (Lipinski definition) is 4. The van der Waals surface area contributed by atoms with Gasteiger partial charge in [-0.05, 0) is 72.8 Å². The average Bonchev–Trinajstić information content (AvgIpc) is 3.69. The fourth-order valence-electron chi connectivity index (χ4n) is 10.0. The molecule has 0 spiro atoms. The molecule has 0 saturated heterocycles. The van der Waals surface area contributed by atoms with E-state index in [1.54, 1.807) is 0 Å². The van der Waals surface area contributed by atoms with E-state index in [9.17, 15) is 0 Å². The molecule has 14 aromatic rings. The molecule has 6 nitrogen and oxygen atoms in total. The molecule has 0 aliphatic heterocycles. The van der Waals surface area contributed by atoms with Gasteiger partial charge in [0.1, 0.15) is 0 Å². The lowest BCUT2D eigenvalue weighted by Gasteiger charge is -2.18. The molecule has 0 atom stereocenters. The van der Waals surface area contributed by atoms with Gasteiger partial charge in [-0.1, -0.05) is 140 Å². The van der Waals surface area contributed by atoms with Crippen LogP contribution in [0.3, 0.4) is 0 Å². The van der Waals surface area contributed by atoms with E-state index >= 15 is 0 Å². The normalized spacial score (nSPS) is 12.0. The molecule has 0 aliphatic carbocycles. The molecule has 0 N–H and O–H groups in total. The van der Waals surface area contributed by atoms with Crippen LogP contribution in [0, 0.1) is 0 Å². The Labute approximate surface area is 375 Å². The molecule has 0 unspecified atom stereocenters. The van der Waals surface area contributed by atoms with Crippen LogP contribution in [0.4, 0.5) is 0 Å². The molecule has 0 bridgehead atoms. The summed E-state index contributed by atoms with van der Waals surface area (Å²) in [7, 11) is 0. The number of benzene rings is 9. The largest absolute Gasteiger partial charge is 0.453 e. The van der Waals surface area contributed by atoms with Crippen molar-refractivity contribution in [2.75, 3.05) is 0 Å². The molecular weight excluding hydrogens is 815 g/mol. The van der Waals surface area contributed by atoms with Gasteiger partial charge in [-0.2, -0.15) is 0 Å². The summed E-state index contributed by atoms with van der Waals surface area (Å²) in [5.74, 6) is 0.699. The summed E-state index contributed by atoms with van der Waals surface area (Å²) >= 11 is 1.83. The minimum Gasteiger partial charge on any atom is -0.453 e. The standard InChI is InChI=1S/C58H35N5OS/c1-3-15-36(16-4-1)44-34-45(60-58(59-44)38-17-5-2-6-18-38)37-29-31-39(32-30-37)61-46-22-8-7-19-40(46)43-33-50-51(35-49(43)61)63-48-24-10-12-27-54(48)65-55-28-14-21-42(57(55)63)41-20-13-26-53-56(41)62(50)47-23-9-11-25-52(47)64-53/h1-35H. The van der Waals surface area contributed by atoms with Gasteiger partial charge in [-0.3, -0.25) is 0 Å². The third kappa shape index (κ3) is 5.46. The third-order valence-electron chi connectivity index (χ3n) is 12.9. The van der Waals surface area contributed by atoms with Gasteiger partial charge in [0.25, 0.3) is 0 Å². The predicted molar refractivity (Wildman–Crippen MR) is 270 cm³/mol. The number of fused-ring (bicyclic) bond motifs is 11. The number of rotatable bonds is 4. The van der Waals surface area contributed by atoms with Crippen molar-refractivity contribution in [1.82, 2.24) is 23.3 Å². The lowest BCUT2D eigenvalue weighted by molar-refractivity contribution is 0.656. The van der Waals surface area contributed by atoms with Crippen molar-refractivity contribution in [2.45, 2.75) is 0 Å². The van der Waals surface area contributed by atoms with Crippen LogP contribution in [0.2, 0.25) is 0 Å². The molecule has 0 radical (unpaired) electrons. The van der Waals surface area contributed by atoms with Crippen LogP contribution in [0.1, 0.15) is 0 Å². The second kappa shape index (κ2) is 14.0. The number of hydrogen-bond donors (Lipinski definition) is 0. The zero-order chi connectivity index (χ0) is 42.6. The molecule has 0 amide bonds. The van der Waals surface area contributed by atoms with E-state index in [2.05, 4.69) is 201 Å². The van der Waals surface area contributed by atoms with Crippen molar-refractivity contribution in [1.29, 1.82) is 0 Å². The summed E-state index contributed by atoms with van der Waals surface area (Å²) in [6.07, 6.45) is 0. The average molecular weight is 850 g/mol. The SMILES string of the molecule is c1ccc(-c2cc(-c3ccc(-n4c5ccccc5c5cc6c(cc54)n4c5ccccc5sc5cccc(c7cccc8oc9ccccc9n6c87)c54)cc3)nc(-c3ccccc3)n2)cc1. The lowest BCUT2D eigenvalue weighted by atomic mass is 10.1. The van der Waals surface area contributed by atoms with E-state index in [1.807, 2.05) is 35.6 Å². The van der Waals surface area contributed by atoms with Gasteiger partial charge in [-0.25, -0.2) is 9.97 Å². The van der Waals surface area contributed by atoms with Gasteiger partial charge in [0.2, 0.25) is 0 Å². The Morgan fingerprint density at radius 3 is 1.72 bits per heavy atom. The van der Waals surface area contributed by atoms with Crippen LogP contribution in [0.15, 0.2) is 217 Å². The van der Waals surface area contributed by atoms with Gasteiger partial charge < -0.3 is 17.8 Å². The second-order valence-electron chi connectivity index (χ2n) is 16.6. The highest BCUT2D eigenvalue weighted by atomic mass is 32.1. The van der Waals surface area contributed by atoms with Crippen LogP contribution < -0.4 is 0 Å². The molecule has 9 aromatic carbocycles. The van der Waals surface area contributed by atoms with Crippen molar-refractivity contribution < 1.29 is 4.42 Å². The number of nitrogens with zero attached hydrogens (tertiary/aromatic N) is 5. The van der Waals surface area contributed by atoms with Gasteiger partial charge in [0, 0.05) is 43.9 Å². The first-order valence-electron chi connectivity index (χ1n) is 21.8.